The third-order valence-electron chi connectivity index (χ3n) is 4.66. The zero-order chi connectivity index (χ0) is 22.1. The van der Waals surface area contributed by atoms with Crippen molar-refractivity contribution in [1.82, 2.24) is 5.32 Å². The molecule has 0 aliphatic rings. The number of halogens is 1. The fourth-order valence-electron chi connectivity index (χ4n) is 3.07. The molecule has 31 heavy (non-hydrogen) atoms. The first-order valence-electron chi connectivity index (χ1n) is 9.86. The molecular formula is C25H22ClNO4. The summed E-state index contributed by atoms with van der Waals surface area (Å²) < 4.78 is 5.06. The van der Waals surface area contributed by atoms with Gasteiger partial charge in [-0.3, -0.25) is 14.4 Å². The summed E-state index contributed by atoms with van der Waals surface area (Å²) in [5.41, 5.74) is 2.31. The van der Waals surface area contributed by atoms with E-state index in [-0.39, 0.29) is 24.7 Å². The first kappa shape index (κ1) is 22.2. The van der Waals surface area contributed by atoms with Crippen LogP contribution in [0.3, 0.4) is 0 Å². The van der Waals surface area contributed by atoms with E-state index in [9.17, 15) is 14.4 Å². The number of hydrogen-bond donors (Lipinski definition) is 1. The Morgan fingerprint density at radius 3 is 1.87 bits per heavy atom. The second-order valence-electron chi connectivity index (χ2n) is 6.91. The highest BCUT2D eigenvalue weighted by Crippen LogP contribution is 2.21. The second kappa shape index (κ2) is 11.1. The van der Waals surface area contributed by atoms with E-state index in [1.54, 1.807) is 24.3 Å². The SMILES string of the molecule is O=C(COC(=O)CCC(=O)c1ccc(Cl)cc1)NC(c1ccccc1)c1ccccc1. The minimum atomic E-state index is -0.603. The number of ether oxygens (including phenoxy) is 1. The smallest absolute Gasteiger partial charge is 0.306 e. The fourth-order valence-corrected chi connectivity index (χ4v) is 3.19. The Balaban J connectivity index is 1.51. The topological polar surface area (TPSA) is 72.5 Å². The molecule has 1 N–H and O–H groups in total. The number of benzene rings is 3. The lowest BCUT2D eigenvalue weighted by molar-refractivity contribution is -0.148. The van der Waals surface area contributed by atoms with Gasteiger partial charge in [0.25, 0.3) is 5.91 Å². The monoisotopic (exact) mass is 435 g/mol. The van der Waals surface area contributed by atoms with Crippen molar-refractivity contribution in [1.29, 1.82) is 0 Å². The average molecular weight is 436 g/mol. The summed E-state index contributed by atoms with van der Waals surface area (Å²) in [6.07, 6.45) is -0.103. The number of hydrogen-bond acceptors (Lipinski definition) is 4. The minimum Gasteiger partial charge on any atom is -0.456 e. The van der Waals surface area contributed by atoms with Gasteiger partial charge in [0.15, 0.2) is 12.4 Å². The molecule has 5 nitrogen and oxygen atoms in total. The van der Waals surface area contributed by atoms with E-state index >= 15 is 0 Å². The van der Waals surface area contributed by atoms with Crippen molar-refractivity contribution in [3.05, 3.63) is 107 Å². The maximum absolute atomic E-state index is 12.4. The first-order valence-corrected chi connectivity index (χ1v) is 10.2. The van der Waals surface area contributed by atoms with Crippen LogP contribution in [0.15, 0.2) is 84.9 Å². The highest BCUT2D eigenvalue weighted by atomic mass is 35.5. The molecule has 0 saturated heterocycles. The van der Waals surface area contributed by atoms with Crippen molar-refractivity contribution in [2.75, 3.05) is 6.61 Å². The van der Waals surface area contributed by atoms with E-state index in [0.717, 1.165) is 11.1 Å². The molecule has 0 atom stereocenters. The van der Waals surface area contributed by atoms with E-state index in [4.69, 9.17) is 16.3 Å². The van der Waals surface area contributed by atoms with Gasteiger partial charge >= 0.3 is 5.97 Å². The predicted octanol–water partition coefficient (Wildman–Crippen LogP) is 4.75. The van der Waals surface area contributed by atoms with Gasteiger partial charge in [-0.2, -0.15) is 0 Å². The van der Waals surface area contributed by atoms with Crippen LogP contribution in [0.2, 0.25) is 5.02 Å². The van der Waals surface area contributed by atoms with Gasteiger partial charge < -0.3 is 10.1 Å². The molecular weight excluding hydrogens is 414 g/mol. The normalized spacial score (nSPS) is 10.5. The second-order valence-corrected chi connectivity index (χ2v) is 7.35. The summed E-state index contributed by atoms with van der Waals surface area (Å²) in [7, 11) is 0. The van der Waals surface area contributed by atoms with Crippen LogP contribution in [0.25, 0.3) is 0 Å². The van der Waals surface area contributed by atoms with Crippen LogP contribution in [-0.4, -0.2) is 24.3 Å². The van der Waals surface area contributed by atoms with Gasteiger partial charge in [0.1, 0.15) is 0 Å². The number of carbonyl (C=O) groups is 3. The Bertz CT molecular complexity index is 981. The van der Waals surface area contributed by atoms with Crippen molar-refractivity contribution in [3.8, 4) is 0 Å². The molecule has 3 aromatic rings. The lowest BCUT2D eigenvalue weighted by atomic mass is 9.99. The highest BCUT2D eigenvalue weighted by molar-refractivity contribution is 6.30. The van der Waals surface area contributed by atoms with E-state index in [1.165, 1.54) is 0 Å². The molecule has 0 heterocycles. The molecule has 0 aliphatic heterocycles. The summed E-state index contributed by atoms with van der Waals surface area (Å²) in [4.78, 5) is 36.5. The zero-order valence-corrected chi connectivity index (χ0v) is 17.5. The van der Waals surface area contributed by atoms with Crippen molar-refractivity contribution in [2.24, 2.45) is 0 Å². The van der Waals surface area contributed by atoms with Crippen molar-refractivity contribution >= 4 is 29.3 Å². The van der Waals surface area contributed by atoms with Crippen molar-refractivity contribution < 1.29 is 19.1 Å². The molecule has 0 aliphatic carbocycles. The Labute approximate surface area is 186 Å². The van der Waals surface area contributed by atoms with Crippen LogP contribution in [-0.2, 0) is 14.3 Å². The molecule has 3 rings (SSSR count). The number of rotatable bonds is 9. The van der Waals surface area contributed by atoms with Gasteiger partial charge in [0, 0.05) is 17.0 Å². The van der Waals surface area contributed by atoms with Gasteiger partial charge in [-0.25, -0.2) is 0 Å². The summed E-state index contributed by atoms with van der Waals surface area (Å²) in [6.45, 7) is -0.413. The van der Waals surface area contributed by atoms with Gasteiger partial charge in [-0.15, -0.1) is 0 Å². The Morgan fingerprint density at radius 1 is 0.774 bits per heavy atom. The van der Waals surface area contributed by atoms with Gasteiger partial charge in [-0.1, -0.05) is 72.3 Å². The average Bonchev–Trinajstić information content (AvgIpc) is 2.81. The number of amides is 1. The Hall–Kier alpha value is -3.44. The largest absolute Gasteiger partial charge is 0.456 e. The van der Waals surface area contributed by atoms with Crippen molar-refractivity contribution in [2.45, 2.75) is 18.9 Å². The van der Waals surface area contributed by atoms with E-state index in [2.05, 4.69) is 5.32 Å². The maximum atomic E-state index is 12.4. The van der Waals surface area contributed by atoms with Gasteiger partial charge in [-0.05, 0) is 35.4 Å². The summed E-state index contributed by atoms with van der Waals surface area (Å²) in [6, 6.07) is 25.2. The van der Waals surface area contributed by atoms with Gasteiger partial charge in [0.2, 0.25) is 0 Å². The lowest BCUT2D eigenvalue weighted by Crippen LogP contribution is -2.33. The molecule has 0 radical (unpaired) electrons. The molecule has 158 valence electrons. The van der Waals surface area contributed by atoms with E-state index < -0.39 is 18.5 Å². The van der Waals surface area contributed by atoms with Crippen LogP contribution in [0.5, 0.6) is 0 Å². The van der Waals surface area contributed by atoms with E-state index in [0.29, 0.717) is 10.6 Å². The third kappa shape index (κ3) is 6.79. The molecule has 3 aromatic carbocycles. The third-order valence-corrected chi connectivity index (χ3v) is 4.91. The molecule has 0 fully saturated rings. The summed E-state index contributed by atoms with van der Waals surface area (Å²) in [5, 5.41) is 3.44. The minimum absolute atomic E-state index is 0.00125. The fraction of sp³-hybridized carbons (Fsp3) is 0.160. The number of esters is 1. The van der Waals surface area contributed by atoms with Gasteiger partial charge in [0.05, 0.1) is 12.5 Å². The summed E-state index contributed by atoms with van der Waals surface area (Å²) in [5.74, 6) is -1.21. The van der Waals surface area contributed by atoms with E-state index in [1.807, 2.05) is 60.7 Å². The number of ketones is 1. The maximum Gasteiger partial charge on any atom is 0.306 e. The number of Topliss-reactive ketones (excluding diaryl/α,β-unsaturated/α-hetero) is 1. The molecule has 0 bridgehead atoms. The van der Waals surface area contributed by atoms with Crippen LogP contribution >= 0.6 is 11.6 Å². The molecule has 0 saturated carbocycles. The Morgan fingerprint density at radius 2 is 1.32 bits per heavy atom. The molecule has 0 aromatic heterocycles. The molecule has 0 spiro atoms. The molecule has 6 heteroatoms. The highest BCUT2D eigenvalue weighted by Gasteiger charge is 2.18. The van der Waals surface area contributed by atoms with Crippen LogP contribution in [0.4, 0.5) is 0 Å². The summed E-state index contributed by atoms with van der Waals surface area (Å²) >= 11 is 5.81. The standard InChI is InChI=1S/C25H22ClNO4/c26-21-13-11-18(12-14-21)22(28)15-16-24(30)31-17-23(29)27-25(19-7-3-1-4-8-19)20-9-5-2-6-10-20/h1-14,25H,15-17H2,(H,27,29). The number of nitrogens with one attached hydrogen (secondary N) is 1. The quantitative estimate of drug-likeness (QED) is 0.389. The number of carbonyl (C=O) groups excluding carboxylic acids is 3. The predicted molar refractivity (Wildman–Crippen MR) is 119 cm³/mol. The first-order chi connectivity index (χ1) is 15.0. The zero-order valence-electron chi connectivity index (χ0n) is 16.8. The van der Waals surface area contributed by atoms with Crippen LogP contribution < -0.4 is 5.32 Å². The lowest BCUT2D eigenvalue weighted by Gasteiger charge is -2.20. The molecule has 0 unspecified atom stereocenters. The van der Waals surface area contributed by atoms with Crippen LogP contribution in [0, 0.1) is 0 Å². The molecule has 1 amide bonds. The van der Waals surface area contributed by atoms with Crippen molar-refractivity contribution in [3.63, 3.8) is 0 Å². The Kier molecular flexibility index (Phi) is 7.96. The van der Waals surface area contributed by atoms with Crippen LogP contribution in [0.1, 0.15) is 40.4 Å².